The number of nitrogens with one attached hydrogen (secondary N) is 2. The van der Waals surface area contributed by atoms with E-state index < -0.39 is 0 Å². The highest BCUT2D eigenvalue weighted by Gasteiger charge is 2.09. The number of carbonyl (C=O) groups is 1. The number of furan rings is 1. The van der Waals surface area contributed by atoms with E-state index in [0.717, 1.165) is 17.9 Å². The molecule has 2 rings (SSSR count). The second-order valence-corrected chi connectivity index (χ2v) is 4.72. The van der Waals surface area contributed by atoms with Crippen molar-refractivity contribution in [3.63, 3.8) is 0 Å². The molecule has 4 nitrogen and oxygen atoms in total. The van der Waals surface area contributed by atoms with Crippen LogP contribution in [0.15, 0.2) is 47.1 Å². The van der Waals surface area contributed by atoms with Gasteiger partial charge in [0, 0.05) is 5.69 Å². The van der Waals surface area contributed by atoms with Crippen LogP contribution in [0.4, 0.5) is 5.69 Å². The van der Waals surface area contributed by atoms with Gasteiger partial charge in [0.05, 0.1) is 18.8 Å². The first-order chi connectivity index (χ1) is 9.69. The molecule has 1 atom stereocenters. The van der Waals surface area contributed by atoms with Crippen molar-refractivity contribution < 1.29 is 9.21 Å². The van der Waals surface area contributed by atoms with Gasteiger partial charge in [-0.2, -0.15) is 0 Å². The summed E-state index contributed by atoms with van der Waals surface area (Å²) in [5.74, 6) is 0.762. The summed E-state index contributed by atoms with van der Waals surface area (Å²) in [5.41, 5.74) is 2.08. The largest absolute Gasteiger partial charge is 0.468 e. The van der Waals surface area contributed by atoms with Crippen molar-refractivity contribution in [2.24, 2.45) is 0 Å². The Balaban J connectivity index is 1.80. The molecule has 0 aliphatic carbocycles. The van der Waals surface area contributed by atoms with E-state index in [4.69, 9.17) is 4.42 Å². The van der Waals surface area contributed by atoms with E-state index in [2.05, 4.69) is 17.6 Å². The molecular weight excluding hydrogens is 252 g/mol. The lowest BCUT2D eigenvalue weighted by atomic mass is 10.1. The molecule has 0 fully saturated rings. The number of hydrogen-bond donors (Lipinski definition) is 2. The fraction of sp³-hybridized carbons (Fsp3) is 0.312. The van der Waals surface area contributed by atoms with Crippen molar-refractivity contribution in [3.05, 3.63) is 54.0 Å². The molecule has 0 saturated heterocycles. The van der Waals surface area contributed by atoms with Crippen molar-refractivity contribution in [1.29, 1.82) is 0 Å². The molecule has 2 N–H and O–H groups in total. The molecule has 1 aromatic carbocycles. The SMILES string of the molecule is CCc1ccc(NC(=O)CN[C@H](C)c2ccco2)cc1. The van der Waals surface area contributed by atoms with Crippen molar-refractivity contribution in [3.8, 4) is 0 Å². The third kappa shape index (κ3) is 3.96. The lowest BCUT2D eigenvalue weighted by Crippen LogP contribution is -2.29. The molecular formula is C16H20N2O2. The Morgan fingerprint density at radius 1 is 1.25 bits per heavy atom. The maximum Gasteiger partial charge on any atom is 0.238 e. The number of amides is 1. The fourth-order valence-corrected chi connectivity index (χ4v) is 1.91. The van der Waals surface area contributed by atoms with Crippen molar-refractivity contribution >= 4 is 11.6 Å². The molecule has 106 valence electrons. The highest BCUT2D eigenvalue weighted by atomic mass is 16.3. The summed E-state index contributed by atoms with van der Waals surface area (Å²) in [5, 5.41) is 5.98. The quantitative estimate of drug-likeness (QED) is 0.849. The van der Waals surface area contributed by atoms with Gasteiger partial charge in [-0.1, -0.05) is 19.1 Å². The second-order valence-electron chi connectivity index (χ2n) is 4.72. The van der Waals surface area contributed by atoms with Gasteiger partial charge < -0.3 is 9.73 Å². The van der Waals surface area contributed by atoms with Crippen LogP contribution in [0.1, 0.15) is 31.2 Å². The Labute approximate surface area is 119 Å². The van der Waals surface area contributed by atoms with Gasteiger partial charge in [0.1, 0.15) is 5.76 Å². The van der Waals surface area contributed by atoms with E-state index in [1.807, 2.05) is 43.3 Å². The number of hydrogen-bond acceptors (Lipinski definition) is 3. The van der Waals surface area contributed by atoms with Crippen LogP contribution >= 0.6 is 0 Å². The van der Waals surface area contributed by atoms with Crippen LogP contribution in [0.5, 0.6) is 0 Å². The molecule has 20 heavy (non-hydrogen) atoms. The van der Waals surface area contributed by atoms with Crippen LogP contribution in [-0.4, -0.2) is 12.5 Å². The Morgan fingerprint density at radius 3 is 2.60 bits per heavy atom. The molecule has 1 aromatic heterocycles. The molecule has 4 heteroatoms. The predicted octanol–water partition coefficient (Wildman–Crippen LogP) is 3.13. The van der Waals surface area contributed by atoms with Gasteiger partial charge in [-0.25, -0.2) is 0 Å². The van der Waals surface area contributed by atoms with Gasteiger partial charge in [-0.05, 0) is 43.2 Å². The molecule has 0 spiro atoms. The Kier molecular flexibility index (Phi) is 4.96. The number of anilines is 1. The summed E-state index contributed by atoms with van der Waals surface area (Å²) in [4.78, 5) is 11.8. The lowest BCUT2D eigenvalue weighted by molar-refractivity contribution is -0.115. The summed E-state index contributed by atoms with van der Waals surface area (Å²) in [6.45, 7) is 4.31. The smallest absolute Gasteiger partial charge is 0.238 e. The first-order valence-corrected chi connectivity index (χ1v) is 6.84. The summed E-state index contributed by atoms with van der Waals surface area (Å²) in [7, 11) is 0. The van der Waals surface area contributed by atoms with E-state index >= 15 is 0 Å². The average molecular weight is 272 g/mol. The molecule has 0 bridgehead atoms. The van der Waals surface area contributed by atoms with Crippen LogP contribution < -0.4 is 10.6 Å². The third-order valence-corrected chi connectivity index (χ3v) is 3.18. The molecule has 1 heterocycles. The topological polar surface area (TPSA) is 54.3 Å². The third-order valence-electron chi connectivity index (χ3n) is 3.18. The van der Waals surface area contributed by atoms with E-state index in [1.165, 1.54) is 5.56 Å². The van der Waals surface area contributed by atoms with Crippen LogP contribution in [0.25, 0.3) is 0 Å². The minimum absolute atomic E-state index is 0.0122. The zero-order chi connectivity index (χ0) is 14.4. The maximum atomic E-state index is 11.8. The zero-order valence-corrected chi connectivity index (χ0v) is 11.8. The Morgan fingerprint density at radius 2 is 2.00 bits per heavy atom. The van der Waals surface area contributed by atoms with Gasteiger partial charge in [-0.3, -0.25) is 10.1 Å². The van der Waals surface area contributed by atoms with Gasteiger partial charge in [0.2, 0.25) is 5.91 Å². The van der Waals surface area contributed by atoms with Crippen LogP contribution in [0.2, 0.25) is 0 Å². The van der Waals surface area contributed by atoms with Crippen LogP contribution in [0.3, 0.4) is 0 Å². The van der Waals surface area contributed by atoms with E-state index in [0.29, 0.717) is 0 Å². The van der Waals surface area contributed by atoms with Crippen LogP contribution in [-0.2, 0) is 11.2 Å². The summed E-state index contributed by atoms with van der Waals surface area (Å²) in [6.07, 6.45) is 2.62. The highest BCUT2D eigenvalue weighted by Crippen LogP contribution is 2.12. The van der Waals surface area contributed by atoms with Gasteiger partial charge in [0.15, 0.2) is 0 Å². The molecule has 0 unspecified atom stereocenters. The predicted molar refractivity (Wildman–Crippen MR) is 79.6 cm³/mol. The zero-order valence-electron chi connectivity index (χ0n) is 11.8. The van der Waals surface area contributed by atoms with E-state index in [1.54, 1.807) is 6.26 Å². The Bertz CT molecular complexity index is 532. The van der Waals surface area contributed by atoms with E-state index in [-0.39, 0.29) is 18.5 Å². The molecule has 0 saturated carbocycles. The first kappa shape index (κ1) is 14.3. The minimum Gasteiger partial charge on any atom is -0.468 e. The summed E-state index contributed by atoms with van der Waals surface area (Å²) < 4.78 is 5.28. The highest BCUT2D eigenvalue weighted by molar-refractivity contribution is 5.92. The van der Waals surface area contributed by atoms with Crippen molar-refractivity contribution in [1.82, 2.24) is 5.32 Å². The maximum absolute atomic E-state index is 11.8. The van der Waals surface area contributed by atoms with Gasteiger partial charge in [0.25, 0.3) is 0 Å². The Hall–Kier alpha value is -2.07. The standard InChI is InChI=1S/C16H20N2O2/c1-3-13-6-8-14(9-7-13)18-16(19)11-17-12(2)15-5-4-10-20-15/h4-10,12,17H,3,11H2,1-2H3,(H,18,19)/t12-/m1/s1. The van der Waals surface area contributed by atoms with Crippen molar-refractivity contribution in [2.75, 3.05) is 11.9 Å². The monoisotopic (exact) mass is 272 g/mol. The van der Waals surface area contributed by atoms with Crippen LogP contribution in [0, 0.1) is 0 Å². The summed E-state index contributed by atoms with van der Waals surface area (Å²) in [6, 6.07) is 11.6. The lowest BCUT2D eigenvalue weighted by Gasteiger charge is -2.11. The average Bonchev–Trinajstić information content (AvgIpc) is 3.00. The second kappa shape index (κ2) is 6.91. The number of carbonyl (C=O) groups excluding carboxylic acids is 1. The molecule has 0 aliphatic rings. The fourth-order valence-electron chi connectivity index (χ4n) is 1.91. The molecule has 0 aliphatic heterocycles. The number of rotatable bonds is 6. The van der Waals surface area contributed by atoms with E-state index in [9.17, 15) is 4.79 Å². The normalized spacial score (nSPS) is 12.1. The van der Waals surface area contributed by atoms with Crippen molar-refractivity contribution in [2.45, 2.75) is 26.3 Å². The van der Waals surface area contributed by atoms with Gasteiger partial charge in [-0.15, -0.1) is 0 Å². The van der Waals surface area contributed by atoms with Gasteiger partial charge >= 0.3 is 0 Å². The summed E-state index contributed by atoms with van der Waals surface area (Å²) >= 11 is 0. The number of aryl methyl sites for hydroxylation is 1. The number of benzene rings is 1. The minimum atomic E-state index is -0.0624. The first-order valence-electron chi connectivity index (χ1n) is 6.84. The molecule has 1 amide bonds. The molecule has 2 aromatic rings. The molecule has 0 radical (unpaired) electrons.